The number of ether oxygens (including phenoxy) is 2. The van der Waals surface area contributed by atoms with Crippen LogP contribution >= 0.6 is 0 Å². The Bertz CT molecular complexity index is 922. The molecule has 0 atom stereocenters. The van der Waals surface area contributed by atoms with E-state index in [9.17, 15) is 4.79 Å². The number of methoxy groups -OCH3 is 2. The number of hydrogen-bond acceptors (Lipinski definition) is 3. The number of nitrogens with zero attached hydrogens (tertiary/aromatic N) is 1. The van der Waals surface area contributed by atoms with Gasteiger partial charge in [0.05, 0.1) is 20.3 Å². The number of nitrogens with one attached hydrogen (secondary N) is 1. The zero-order chi connectivity index (χ0) is 20.5. The first-order chi connectivity index (χ1) is 14.2. The molecule has 0 saturated heterocycles. The quantitative estimate of drug-likeness (QED) is 0.487. The van der Waals surface area contributed by atoms with Crippen molar-refractivity contribution in [2.75, 3.05) is 40.5 Å². The number of H-pyrrole nitrogens is 1. The Morgan fingerprint density at radius 3 is 2.69 bits per heavy atom. The Kier molecular flexibility index (Phi) is 7.67. The summed E-state index contributed by atoms with van der Waals surface area (Å²) in [7, 11) is 3.33. The third-order valence-electron chi connectivity index (χ3n) is 5.08. The van der Waals surface area contributed by atoms with Gasteiger partial charge in [0.2, 0.25) is 0 Å². The summed E-state index contributed by atoms with van der Waals surface area (Å²) < 4.78 is 10.6. The predicted molar refractivity (Wildman–Crippen MR) is 114 cm³/mol. The van der Waals surface area contributed by atoms with E-state index in [0.717, 1.165) is 29.8 Å². The predicted octanol–water partition coefficient (Wildman–Crippen LogP) is 1.96. The highest BCUT2D eigenvalue weighted by Crippen LogP contribution is 2.21. The second kappa shape index (κ2) is 10.6. The highest BCUT2D eigenvalue weighted by atomic mass is 16.5. The average Bonchev–Trinajstić information content (AvgIpc) is 3.17. The molecule has 0 aliphatic heterocycles. The molecule has 0 fully saturated rings. The van der Waals surface area contributed by atoms with Crippen LogP contribution in [0.25, 0.3) is 10.9 Å². The number of nitrogens with two attached hydrogens (primary N) is 1. The third kappa shape index (κ3) is 5.59. The molecule has 0 aliphatic rings. The lowest BCUT2D eigenvalue weighted by molar-refractivity contribution is -0.646. The molecule has 0 unspecified atom stereocenters. The van der Waals surface area contributed by atoms with E-state index in [0.29, 0.717) is 26.2 Å². The molecule has 1 amide bonds. The van der Waals surface area contributed by atoms with Crippen LogP contribution in [0.5, 0.6) is 5.75 Å². The van der Waals surface area contributed by atoms with Crippen molar-refractivity contribution in [2.45, 2.75) is 13.0 Å². The number of quaternary nitrogens is 1. The van der Waals surface area contributed by atoms with Crippen LogP contribution in [0.3, 0.4) is 0 Å². The second-order valence-corrected chi connectivity index (χ2v) is 7.01. The lowest BCUT2D eigenvalue weighted by Gasteiger charge is -2.23. The molecule has 154 valence electrons. The van der Waals surface area contributed by atoms with Gasteiger partial charge in [-0.05, 0) is 24.1 Å². The minimum absolute atomic E-state index is 0.117. The molecular formula is C23H30N3O3+. The van der Waals surface area contributed by atoms with E-state index in [1.54, 1.807) is 14.2 Å². The molecule has 0 spiro atoms. The number of hydrogen-bond donors (Lipinski definition) is 2. The summed E-state index contributed by atoms with van der Waals surface area (Å²) in [5, 5.41) is 3.20. The zero-order valence-electron chi connectivity index (χ0n) is 17.2. The molecule has 0 bridgehead atoms. The number of carbonyl (C=O) groups excluding carboxylic acids is 1. The smallest absolute Gasteiger partial charge is 0.277 e. The van der Waals surface area contributed by atoms with E-state index in [1.165, 1.54) is 10.9 Å². The molecular weight excluding hydrogens is 366 g/mol. The molecule has 1 aromatic heterocycles. The summed E-state index contributed by atoms with van der Waals surface area (Å²) in [6, 6.07) is 16.1. The molecule has 0 aliphatic carbocycles. The normalized spacial score (nSPS) is 11.0. The Morgan fingerprint density at radius 1 is 1.07 bits per heavy atom. The van der Waals surface area contributed by atoms with Gasteiger partial charge in [0.15, 0.2) is 6.54 Å². The summed E-state index contributed by atoms with van der Waals surface area (Å²) >= 11 is 0. The first-order valence-electron chi connectivity index (χ1n) is 9.98. The summed E-state index contributed by atoms with van der Waals surface area (Å²) in [5.41, 5.74) is 3.36. The Hall–Kier alpha value is -2.83. The molecule has 3 rings (SSSR count). The van der Waals surface area contributed by atoms with Crippen LogP contribution in [0.15, 0.2) is 54.7 Å². The van der Waals surface area contributed by atoms with Gasteiger partial charge in [-0.3, -0.25) is 4.79 Å². The maximum absolute atomic E-state index is 12.9. The van der Waals surface area contributed by atoms with E-state index in [1.807, 2.05) is 52.8 Å². The lowest BCUT2D eigenvalue weighted by atomic mass is 10.1. The molecule has 0 radical (unpaired) electrons. The van der Waals surface area contributed by atoms with Gasteiger partial charge in [0, 0.05) is 42.9 Å². The molecule has 0 saturated carbocycles. The van der Waals surface area contributed by atoms with Crippen LogP contribution in [0.2, 0.25) is 0 Å². The van der Waals surface area contributed by atoms with Gasteiger partial charge in [0.1, 0.15) is 5.75 Å². The maximum Gasteiger partial charge on any atom is 0.277 e. The van der Waals surface area contributed by atoms with E-state index in [-0.39, 0.29) is 5.91 Å². The molecule has 2 aromatic carbocycles. The SMILES string of the molecule is COCC[NH2+]CC(=O)N(CCc1c[nH]c2ccccc12)Cc1ccccc1OC. The van der Waals surface area contributed by atoms with E-state index < -0.39 is 0 Å². The Morgan fingerprint density at radius 2 is 1.86 bits per heavy atom. The third-order valence-corrected chi connectivity index (χ3v) is 5.08. The monoisotopic (exact) mass is 396 g/mol. The first-order valence-corrected chi connectivity index (χ1v) is 9.98. The van der Waals surface area contributed by atoms with Gasteiger partial charge in [-0.2, -0.15) is 0 Å². The standard InChI is InChI=1S/C23H29N3O3/c1-28-14-12-24-16-23(27)26(17-19-7-3-6-10-22(19)29-2)13-11-18-15-25-21-9-5-4-8-20(18)21/h3-10,15,24-25H,11-14,16-17H2,1-2H3/p+1. The number of benzene rings is 2. The molecule has 3 aromatic rings. The minimum Gasteiger partial charge on any atom is -0.496 e. The van der Waals surface area contributed by atoms with Crippen molar-refractivity contribution >= 4 is 16.8 Å². The van der Waals surface area contributed by atoms with Crippen molar-refractivity contribution in [3.8, 4) is 5.75 Å². The molecule has 1 heterocycles. The Balaban J connectivity index is 1.71. The highest BCUT2D eigenvalue weighted by molar-refractivity contribution is 5.83. The van der Waals surface area contributed by atoms with Gasteiger partial charge < -0.3 is 24.7 Å². The van der Waals surface area contributed by atoms with Gasteiger partial charge in [-0.15, -0.1) is 0 Å². The first kappa shape index (κ1) is 20.9. The molecule has 3 N–H and O–H groups in total. The summed E-state index contributed by atoms with van der Waals surface area (Å²) in [6.07, 6.45) is 2.84. The van der Waals surface area contributed by atoms with Crippen molar-refractivity contribution < 1.29 is 19.6 Å². The minimum atomic E-state index is 0.117. The number of fused-ring (bicyclic) bond motifs is 1. The fraction of sp³-hybridized carbons (Fsp3) is 0.348. The number of aromatic amines is 1. The molecule has 6 nitrogen and oxygen atoms in total. The van der Waals surface area contributed by atoms with Crippen molar-refractivity contribution in [1.29, 1.82) is 0 Å². The largest absolute Gasteiger partial charge is 0.496 e. The van der Waals surface area contributed by atoms with Crippen LogP contribution in [-0.4, -0.2) is 56.3 Å². The van der Waals surface area contributed by atoms with Gasteiger partial charge in [-0.25, -0.2) is 0 Å². The average molecular weight is 397 g/mol. The van der Waals surface area contributed by atoms with Crippen LogP contribution in [0.4, 0.5) is 0 Å². The van der Waals surface area contributed by atoms with E-state index in [2.05, 4.69) is 17.1 Å². The highest BCUT2D eigenvalue weighted by Gasteiger charge is 2.18. The Labute approximate surface area is 171 Å². The summed E-state index contributed by atoms with van der Waals surface area (Å²) in [5.74, 6) is 0.924. The fourth-order valence-electron chi connectivity index (χ4n) is 3.48. The van der Waals surface area contributed by atoms with Crippen molar-refractivity contribution in [3.05, 3.63) is 65.9 Å². The van der Waals surface area contributed by atoms with Crippen LogP contribution in [0.1, 0.15) is 11.1 Å². The van der Waals surface area contributed by atoms with E-state index >= 15 is 0 Å². The van der Waals surface area contributed by atoms with Crippen LogP contribution in [-0.2, 0) is 22.5 Å². The number of amides is 1. The fourth-order valence-corrected chi connectivity index (χ4v) is 3.48. The van der Waals surface area contributed by atoms with Crippen molar-refractivity contribution in [3.63, 3.8) is 0 Å². The van der Waals surface area contributed by atoms with Crippen LogP contribution in [0, 0.1) is 0 Å². The van der Waals surface area contributed by atoms with E-state index in [4.69, 9.17) is 9.47 Å². The summed E-state index contributed by atoms with van der Waals surface area (Å²) in [4.78, 5) is 18.2. The van der Waals surface area contributed by atoms with Gasteiger partial charge in [0.25, 0.3) is 5.91 Å². The number of para-hydroxylation sites is 2. The zero-order valence-corrected chi connectivity index (χ0v) is 17.2. The topological polar surface area (TPSA) is 71.2 Å². The van der Waals surface area contributed by atoms with Crippen LogP contribution < -0.4 is 10.1 Å². The van der Waals surface area contributed by atoms with Gasteiger partial charge in [-0.1, -0.05) is 36.4 Å². The second-order valence-electron chi connectivity index (χ2n) is 7.01. The van der Waals surface area contributed by atoms with Crippen molar-refractivity contribution in [1.82, 2.24) is 9.88 Å². The number of carbonyl (C=O) groups is 1. The van der Waals surface area contributed by atoms with Crippen molar-refractivity contribution in [2.24, 2.45) is 0 Å². The lowest BCUT2D eigenvalue weighted by Crippen LogP contribution is -2.87. The van der Waals surface area contributed by atoms with Gasteiger partial charge >= 0.3 is 0 Å². The summed E-state index contributed by atoms with van der Waals surface area (Å²) in [6.45, 7) is 2.99. The molecule has 6 heteroatoms. The number of aromatic nitrogens is 1. The number of rotatable bonds is 11. The molecule has 29 heavy (non-hydrogen) atoms. The maximum atomic E-state index is 12.9.